The second kappa shape index (κ2) is 5.92. The number of methoxy groups -OCH3 is 1. The van der Waals surface area contributed by atoms with Gasteiger partial charge in [-0.3, -0.25) is 4.79 Å². The van der Waals surface area contributed by atoms with Crippen molar-refractivity contribution < 1.29 is 14.6 Å². The minimum absolute atomic E-state index is 0.0336. The van der Waals surface area contributed by atoms with Gasteiger partial charge in [0, 0.05) is 16.4 Å². The van der Waals surface area contributed by atoms with Crippen LogP contribution in [0, 0.1) is 5.41 Å². The van der Waals surface area contributed by atoms with Gasteiger partial charge in [0.05, 0.1) is 20.1 Å². The van der Waals surface area contributed by atoms with Gasteiger partial charge in [0.2, 0.25) is 5.91 Å². The van der Waals surface area contributed by atoms with Gasteiger partial charge in [0.15, 0.2) is 0 Å². The van der Waals surface area contributed by atoms with Crippen molar-refractivity contribution in [1.29, 1.82) is 0 Å². The zero-order valence-corrected chi connectivity index (χ0v) is 12.5. The second-order valence-electron chi connectivity index (χ2n) is 5.07. The van der Waals surface area contributed by atoms with Gasteiger partial charge < -0.3 is 15.2 Å². The number of benzene rings is 1. The molecule has 0 heterocycles. The molecule has 0 aromatic heterocycles. The van der Waals surface area contributed by atoms with Crippen molar-refractivity contribution in [3.63, 3.8) is 0 Å². The van der Waals surface area contributed by atoms with E-state index >= 15 is 0 Å². The Morgan fingerprint density at radius 3 is 2.84 bits per heavy atom. The summed E-state index contributed by atoms with van der Waals surface area (Å²) in [5.74, 6) is 0.702. The molecule has 104 valence electrons. The number of aliphatic hydroxyl groups excluding tert-OH is 1. The Balaban J connectivity index is 1.91. The molecule has 0 saturated heterocycles. The van der Waals surface area contributed by atoms with E-state index in [1.54, 1.807) is 7.11 Å². The zero-order chi connectivity index (χ0) is 13.9. The van der Waals surface area contributed by atoms with Crippen molar-refractivity contribution in [3.8, 4) is 5.75 Å². The third-order valence-electron chi connectivity index (χ3n) is 3.56. The van der Waals surface area contributed by atoms with E-state index in [9.17, 15) is 9.90 Å². The maximum absolute atomic E-state index is 11.9. The van der Waals surface area contributed by atoms with Crippen molar-refractivity contribution in [3.05, 3.63) is 28.2 Å². The Kier molecular flexibility index (Phi) is 4.47. The molecule has 1 aromatic rings. The molecule has 2 rings (SSSR count). The largest absolute Gasteiger partial charge is 0.497 e. The average molecular weight is 328 g/mol. The first-order chi connectivity index (χ1) is 9.08. The molecule has 1 aliphatic carbocycles. The summed E-state index contributed by atoms with van der Waals surface area (Å²) in [6.07, 6.45) is 2.29. The minimum atomic E-state index is -0.0543. The lowest BCUT2D eigenvalue weighted by Gasteiger charge is -2.13. The van der Waals surface area contributed by atoms with Crippen LogP contribution in [0.5, 0.6) is 5.75 Å². The molecule has 1 aromatic carbocycles. The fourth-order valence-electron chi connectivity index (χ4n) is 1.90. The van der Waals surface area contributed by atoms with Crippen molar-refractivity contribution in [2.75, 3.05) is 20.3 Å². The highest BCUT2D eigenvalue weighted by Gasteiger charge is 2.41. The molecular formula is C14H18BrNO3. The van der Waals surface area contributed by atoms with Crippen LogP contribution in [0.1, 0.15) is 18.4 Å². The Hall–Kier alpha value is -1.07. The molecule has 0 unspecified atom stereocenters. The van der Waals surface area contributed by atoms with E-state index in [1.165, 1.54) is 0 Å². The van der Waals surface area contributed by atoms with E-state index in [0.717, 1.165) is 28.6 Å². The number of nitrogens with one attached hydrogen (secondary N) is 1. The Bertz CT molecular complexity index is 472. The molecule has 0 bridgehead atoms. The molecule has 2 N–H and O–H groups in total. The van der Waals surface area contributed by atoms with Crippen LogP contribution in [0.15, 0.2) is 22.7 Å². The lowest BCUT2D eigenvalue weighted by Crippen LogP contribution is -2.32. The number of carbonyl (C=O) groups excluding carboxylic acids is 1. The number of hydrogen-bond acceptors (Lipinski definition) is 3. The fourth-order valence-corrected chi connectivity index (χ4v) is 2.29. The molecule has 19 heavy (non-hydrogen) atoms. The Labute approximate surface area is 121 Å². The van der Waals surface area contributed by atoms with Crippen LogP contribution >= 0.6 is 15.9 Å². The highest BCUT2D eigenvalue weighted by Crippen LogP contribution is 2.44. The van der Waals surface area contributed by atoms with E-state index in [2.05, 4.69) is 21.2 Å². The average Bonchev–Trinajstić information content (AvgIpc) is 3.20. The molecule has 0 radical (unpaired) electrons. The maximum atomic E-state index is 11.9. The SMILES string of the molecule is COc1ccc(Br)c(CC(=O)NCC2(CO)CC2)c1. The van der Waals surface area contributed by atoms with E-state index in [4.69, 9.17) is 4.74 Å². The van der Waals surface area contributed by atoms with Crippen molar-refractivity contribution in [2.45, 2.75) is 19.3 Å². The van der Waals surface area contributed by atoms with Gasteiger partial charge in [-0.1, -0.05) is 15.9 Å². The van der Waals surface area contributed by atoms with Crippen LogP contribution in [0.25, 0.3) is 0 Å². The zero-order valence-electron chi connectivity index (χ0n) is 10.9. The quantitative estimate of drug-likeness (QED) is 0.838. The predicted octanol–water partition coefficient (Wildman–Crippen LogP) is 1.89. The summed E-state index contributed by atoms with van der Waals surface area (Å²) in [7, 11) is 1.60. The van der Waals surface area contributed by atoms with Gasteiger partial charge in [0.25, 0.3) is 0 Å². The molecule has 1 aliphatic rings. The molecule has 1 fully saturated rings. The summed E-state index contributed by atoms with van der Waals surface area (Å²) < 4.78 is 6.04. The summed E-state index contributed by atoms with van der Waals surface area (Å²) >= 11 is 3.43. The first-order valence-corrected chi connectivity index (χ1v) is 7.08. The van der Waals surface area contributed by atoms with Crippen LogP contribution in [0.4, 0.5) is 0 Å². The minimum Gasteiger partial charge on any atom is -0.497 e. The number of halogens is 1. The highest BCUT2D eigenvalue weighted by atomic mass is 79.9. The molecule has 5 heteroatoms. The van der Waals surface area contributed by atoms with Gasteiger partial charge in [-0.05, 0) is 36.6 Å². The summed E-state index contributed by atoms with van der Waals surface area (Å²) in [6.45, 7) is 0.708. The highest BCUT2D eigenvalue weighted by molar-refractivity contribution is 9.10. The van der Waals surface area contributed by atoms with E-state index < -0.39 is 0 Å². The Morgan fingerprint density at radius 1 is 1.53 bits per heavy atom. The van der Waals surface area contributed by atoms with Crippen LogP contribution in [-0.4, -0.2) is 31.3 Å². The lowest BCUT2D eigenvalue weighted by atomic mass is 10.1. The van der Waals surface area contributed by atoms with E-state index in [0.29, 0.717) is 13.0 Å². The Morgan fingerprint density at radius 2 is 2.26 bits per heavy atom. The summed E-state index contributed by atoms with van der Waals surface area (Å²) in [5.41, 5.74) is 0.840. The van der Waals surface area contributed by atoms with Crippen LogP contribution in [0.3, 0.4) is 0 Å². The number of amides is 1. The van der Waals surface area contributed by atoms with Crippen LogP contribution in [-0.2, 0) is 11.2 Å². The monoisotopic (exact) mass is 327 g/mol. The van der Waals surface area contributed by atoms with E-state index in [1.807, 2.05) is 18.2 Å². The molecule has 1 amide bonds. The van der Waals surface area contributed by atoms with E-state index in [-0.39, 0.29) is 17.9 Å². The topological polar surface area (TPSA) is 58.6 Å². The first kappa shape index (κ1) is 14.3. The number of carbonyl (C=O) groups is 1. The summed E-state index contributed by atoms with van der Waals surface area (Å²) in [5, 5.41) is 12.1. The van der Waals surface area contributed by atoms with Gasteiger partial charge in [-0.2, -0.15) is 0 Å². The summed E-state index contributed by atoms with van der Waals surface area (Å²) in [4.78, 5) is 11.9. The summed E-state index contributed by atoms with van der Waals surface area (Å²) in [6, 6.07) is 5.57. The third kappa shape index (κ3) is 3.70. The fraction of sp³-hybridized carbons (Fsp3) is 0.500. The molecule has 4 nitrogen and oxygen atoms in total. The van der Waals surface area contributed by atoms with Crippen LogP contribution in [0.2, 0.25) is 0 Å². The predicted molar refractivity (Wildman–Crippen MR) is 76.2 cm³/mol. The number of hydrogen-bond donors (Lipinski definition) is 2. The molecule has 0 spiro atoms. The number of ether oxygens (including phenoxy) is 1. The van der Waals surface area contributed by atoms with Crippen molar-refractivity contribution in [1.82, 2.24) is 5.32 Å². The molecule has 0 aliphatic heterocycles. The third-order valence-corrected chi connectivity index (χ3v) is 4.33. The van der Waals surface area contributed by atoms with Gasteiger partial charge in [-0.25, -0.2) is 0 Å². The second-order valence-corrected chi connectivity index (χ2v) is 5.92. The normalized spacial score (nSPS) is 15.9. The van der Waals surface area contributed by atoms with Gasteiger partial charge >= 0.3 is 0 Å². The van der Waals surface area contributed by atoms with Crippen molar-refractivity contribution in [2.24, 2.45) is 5.41 Å². The first-order valence-electron chi connectivity index (χ1n) is 6.28. The smallest absolute Gasteiger partial charge is 0.224 e. The number of rotatable bonds is 6. The standard InChI is InChI=1S/C14H18BrNO3/c1-19-11-2-3-12(15)10(6-11)7-13(18)16-8-14(9-17)4-5-14/h2-3,6,17H,4-5,7-9H2,1H3,(H,16,18). The number of aliphatic hydroxyl groups is 1. The van der Waals surface area contributed by atoms with Crippen molar-refractivity contribution >= 4 is 21.8 Å². The lowest BCUT2D eigenvalue weighted by molar-refractivity contribution is -0.120. The molecular weight excluding hydrogens is 310 g/mol. The van der Waals surface area contributed by atoms with Gasteiger partial charge in [-0.15, -0.1) is 0 Å². The molecule has 1 saturated carbocycles. The maximum Gasteiger partial charge on any atom is 0.224 e. The molecule has 0 atom stereocenters. The van der Waals surface area contributed by atoms with Crippen LogP contribution < -0.4 is 10.1 Å². The van der Waals surface area contributed by atoms with Gasteiger partial charge in [0.1, 0.15) is 5.75 Å².